The third-order valence-corrected chi connectivity index (χ3v) is 4.66. The van der Waals surface area contributed by atoms with Crippen molar-refractivity contribution in [1.29, 1.82) is 0 Å². The molecule has 3 rings (SSSR count). The molecule has 0 spiro atoms. The normalized spacial score (nSPS) is 15.7. The Morgan fingerprint density at radius 3 is 2.59 bits per heavy atom. The second kappa shape index (κ2) is 6.48. The minimum atomic E-state index is -0.222. The predicted octanol–water partition coefficient (Wildman–Crippen LogP) is 3.72. The van der Waals surface area contributed by atoms with Crippen LogP contribution in [-0.4, -0.2) is 11.0 Å². The van der Waals surface area contributed by atoms with Gasteiger partial charge in [-0.3, -0.25) is 4.98 Å². The van der Waals surface area contributed by atoms with Gasteiger partial charge in [-0.1, -0.05) is 34.1 Å². The van der Waals surface area contributed by atoms with Gasteiger partial charge >= 0.3 is 6.03 Å². The smallest absolute Gasteiger partial charge is 0.315 e. The summed E-state index contributed by atoms with van der Waals surface area (Å²) >= 11 is 3.45. The van der Waals surface area contributed by atoms with E-state index in [9.17, 15) is 4.79 Å². The highest BCUT2D eigenvalue weighted by atomic mass is 79.9. The minimum absolute atomic E-state index is 0.133. The summed E-state index contributed by atoms with van der Waals surface area (Å²) in [4.78, 5) is 16.3. The highest BCUT2D eigenvalue weighted by Crippen LogP contribution is 2.41. The number of pyridine rings is 1. The zero-order chi connectivity index (χ0) is 15.4. The molecule has 0 bridgehead atoms. The van der Waals surface area contributed by atoms with E-state index in [1.807, 2.05) is 24.3 Å². The zero-order valence-electron chi connectivity index (χ0n) is 12.2. The number of carbonyl (C=O) groups is 1. The Kier molecular flexibility index (Phi) is 4.43. The third kappa shape index (κ3) is 3.30. The van der Waals surface area contributed by atoms with E-state index >= 15 is 0 Å². The van der Waals surface area contributed by atoms with Gasteiger partial charge in [0.05, 0.1) is 5.54 Å². The van der Waals surface area contributed by atoms with E-state index in [2.05, 4.69) is 43.7 Å². The fourth-order valence-electron chi connectivity index (χ4n) is 2.73. The molecule has 2 N–H and O–H groups in total. The minimum Gasteiger partial charge on any atom is -0.334 e. The van der Waals surface area contributed by atoms with Crippen molar-refractivity contribution in [3.63, 3.8) is 0 Å². The molecule has 0 saturated heterocycles. The number of carbonyl (C=O) groups excluding carboxylic acids is 1. The second-order valence-corrected chi connectivity index (χ2v) is 6.53. The van der Waals surface area contributed by atoms with E-state index < -0.39 is 0 Å². The van der Waals surface area contributed by atoms with Crippen LogP contribution >= 0.6 is 15.9 Å². The van der Waals surface area contributed by atoms with Crippen LogP contribution in [-0.2, 0) is 12.1 Å². The maximum Gasteiger partial charge on any atom is 0.315 e. The molecule has 1 saturated carbocycles. The molecular formula is C17H18BrN3O. The van der Waals surface area contributed by atoms with Crippen LogP contribution in [0.15, 0.2) is 53.3 Å². The zero-order valence-corrected chi connectivity index (χ0v) is 13.8. The monoisotopic (exact) mass is 359 g/mol. The van der Waals surface area contributed by atoms with Crippen LogP contribution < -0.4 is 10.6 Å². The summed E-state index contributed by atoms with van der Waals surface area (Å²) in [6, 6.07) is 11.9. The number of benzene rings is 1. The molecule has 2 aromatic rings. The summed E-state index contributed by atoms with van der Waals surface area (Å²) in [7, 11) is 0. The van der Waals surface area contributed by atoms with E-state index in [0.29, 0.717) is 6.54 Å². The van der Waals surface area contributed by atoms with Crippen LogP contribution in [0.4, 0.5) is 4.79 Å². The predicted molar refractivity (Wildman–Crippen MR) is 89.3 cm³/mol. The molecule has 1 fully saturated rings. The molecule has 1 aromatic heterocycles. The Balaban J connectivity index is 1.62. The molecule has 1 heterocycles. The van der Waals surface area contributed by atoms with Gasteiger partial charge < -0.3 is 10.6 Å². The first-order valence-corrected chi connectivity index (χ1v) is 8.18. The van der Waals surface area contributed by atoms with Crippen molar-refractivity contribution in [3.8, 4) is 0 Å². The van der Waals surface area contributed by atoms with E-state index in [1.54, 1.807) is 12.4 Å². The van der Waals surface area contributed by atoms with Gasteiger partial charge in [0, 0.05) is 23.4 Å². The summed E-state index contributed by atoms with van der Waals surface area (Å²) in [6.45, 7) is 0.482. The summed E-state index contributed by atoms with van der Waals surface area (Å²) in [6.07, 6.45) is 6.58. The number of halogens is 1. The Morgan fingerprint density at radius 1 is 1.23 bits per heavy atom. The van der Waals surface area contributed by atoms with Gasteiger partial charge in [0.1, 0.15) is 0 Å². The average Bonchev–Trinajstić information content (AvgIpc) is 2.51. The Morgan fingerprint density at radius 2 is 2.00 bits per heavy atom. The molecule has 114 valence electrons. The number of aromatic nitrogens is 1. The highest BCUT2D eigenvalue weighted by molar-refractivity contribution is 9.10. The van der Waals surface area contributed by atoms with Gasteiger partial charge in [-0.05, 0) is 48.6 Å². The summed E-state index contributed by atoms with van der Waals surface area (Å²) in [5, 5.41) is 6.05. The maximum atomic E-state index is 12.2. The van der Waals surface area contributed by atoms with Gasteiger partial charge in [0.2, 0.25) is 0 Å². The van der Waals surface area contributed by atoms with E-state index in [0.717, 1.165) is 29.3 Å². The van der Waals surface area contributed by atoms with Crippen LogP contribution in [0.1, 0.15) is 30.4 Å². The fraction of sp³-hybridized carbons (Fsp3) is 0.294. The first-order chi connectivity index (χ1) is 10.7. The first-order valence-electron chi connectivity index (χ1n) is 7.39. The van der Waals surface area contributed by atoms with Gasteiger partial charge in [0.15, 0.2) is 0 Å². The molecule has 0 radical (unpaired) electrons. The van der Waals surface area contributed by atoms with Crippen molar-refractivity contribution in [3.05, 3.63) is 64.4 Å². The van der Waals surface area contributed by atoms with E-state index in [4.69, 9.17) is 0 Å². The number of rotatable bonds is 4. The van der Waals surface area contributed by atoms with Crippen molar-refractivity contribution in [2.45, 2.75) is 31.3 Å². The lowest BCUT2D eigenvalue weighted by molar-refractivity contribution is 0.177. The van der Waals surface area contributed by atoms with Crippen LogP contribution in [0.2, 0.25) is 0 Å². The third-order valence-electron chi connectivity index (χ3n) is 4.13. The molecule has 0 atom stereocenters. The van der Waals surface area contributed by atoms with Crippen molar-refractivity contribution >= 4 is 22.0 Å². The van der Waals surface area contributed by atoms with Crippen molar-refractivity contribution < 1.29 is 4.79 Å². The van der Waals surface area contributed by atoms with E-state index in [1.165, 1.54) is 5.56 Å². The van der Waals surface area contributed by atoms with Crippen molar-refractivity contribution in [1.82, 2.24) is 15.6 Å². The topological polar surface area (TPSA) is 54.0 Å². The van der Waals surface area contributed by atoms with E-state index in [-0.39, 0.29) is 11.6 Å². The van der Waals surface area contributed by atoms with Gasteiger partial charge in [0.25, 0.3) is 0 Å². The largest absolute Gasteiger partial charge is 0.334 e. The van der Waals surface area contributed by atoms with Gasteiger partial charge in [-0.2, -0.15) is 0 Å². The Bertz CT molecular complexity index is 639. The van der Waals surface area contributed by atoms with Crippen LogP contribution in [0.5, 0.6) is 0 Å². The highest BCUT2D eigenvalue weighted by Gasteiger charge is 2.39. The molecule has 2 amide bonds. The fourth-order valence-corrected chi connectivity index (χ4v) is 3.00. The number of hydrogen-bond donors (Lipinski definition) is 2. The molecule has 1 aliphatic rings. The Hall–Kier alpha value is -1.88. The standard InChI is InChI=1S/C17H18BrN3O/c18-15-6-4-14(5-7-15)17(8-2-9-17)21-16(22)20-12-13-3-1-10-19-11-13/h1,3-7,10-11H,2,8-9,12H2,(H2,20,21,22). The number of nitrogens with one attached hydrogen (secondary N) is 2. The average molecular weight is 360 g/mol. The second-order valence-electron chi connectivity index (χ2n) is 5.61. The quantitative estimate of drug-likeness (QED) is 0.873. The molecular weight excluding hydrogens is 342 g/mol. The van der Waals surface area contributed by atoms with Crippen LogP contribution in [0.3, 0.4) is 0 Å². The summed E-state index contributed by atoms with van der Waals surface area (Å²) < 4.78 is 1.05. The van der Waals surface area contributed by atoms with Crippen molar-refractivity contribution in [2.24, 2.45) is 0 Å². The molecule has 1 aromatic carbocycles. The van der Waals surface area contributed by atoms with Gasteiger partial charge in [-0.25, -0.2) is 4.79 Å². The maximum absolute atomic E-state index is 12.2. The number of nitrogens with zero attached hydrogens (tertiary/aromatic N) is 1. The molecule has 4 nitrogen and oxygen atoms in total. The number of urea groups is 1. The summed E-state index contributed by atoms with van der Waals surface area (Å²) in [5.74, 6) is 0. The lowest BCUT2D eigenvalue weighted by Crippen LogP contribution is -2.53. The SMILES string of the molecule is O=C(NCc1cccnc1)NC1(c2ccc(Br)cc2)CCC1. The number of amides is 2. The van der Waals surface area contributed by atoms with Crippen LogP contribution in [0, 0.1) is 0 Å². The first kappa shape index (κ1) is 15.0. The summed E-state index contributed by atoms with van der Waals surface area (Å²) in [5.41, 5.74) is 1.93. The Labute approximate surface area is 138 Å². The molecule has 0 aliphatic heterocycles. The molecule has 5 heteroatoms. The van der Waals surface area contributed by atoms with Crippen LogP contribution in [0.25, 0.3) is 0 Å². The molecule has 0 unspecified atom stereocenters. The van der Waals surface area contributed by atoms with Gasteiger partial charge in [-0.15, -0.1) is 0 Å². The molecule has 1 aliphatic carbocycles. The van der Waals surface area contributed by atoms with Crippen molar-refractivity contribution in [2.75, 3.05) is 0 Å². The number of hydrogen-bond acceptors (Lipinski definition) is 2. The lowest BCUT2D eigenvalue weighted by Gasteiger charge is -2.43. The lowest BCUT2D eigenvalue weighted by atomic mass is 9.72. The molecule has 22 heavy (non-hydrogen) atoms.